The zero-order valence-corrected chi connectivity index (χ0v) is 10.3. The van der Waals surface area contributed by atoms with E-state index in [0.29, 0.717) is 5.56 Å². The highest BCUT2D eigenvalue weighted by atomic mass is 19.4. The standard InChI is InChI=1S/C15H12F3N/c1-11-2-4-13(14(10-11)15(16,17)18)5-3-12-6-8-19-9-7-12/h2-10H,1H3/b5-3+. The van der Waals surface area contributed by atoms with Gasteiger partial charge < -0.3 is 0 Å². The van der Waals surface area contributed by atoms with Crippen LogP contribution in [0.25, 0.3) is 12.2 Å². The minimum absolute atomic E-state index is 0.162. The number of halogens is 3. The van der Waals surface area contributed by atoms with E-state index < -0.39 is 11.7 Å². The van der Waals surface area contributed by atoms with E-state index in [2.05, 4.69) is 4.98 Å². The van der Waals surface area contributed by atoms with Crippen LogP contribution in [0, 0.1) is 6.92 Å². The molecule has 0 fully saturated rings. The van der Waals surface area contributed by atoms with E-state index in [-0.39, 0.29) is 5.56 Å². The van der Waals surface area contributed by atoms with E-state index in [1.165, 1.54) is 12.1 Å². The minimum Gasteiger partial charge on any atom is -0.265 e. The van der Waals surface area contributed by atoms with Gasteiger partial charge in [-0.3, -0.25) is 4.98 Å². The molecule has 1 heterocycles. The topological polar surface area (TPSA) is 12.9 Å². The summed E-state index contributed by atoms with van der Waals surface area (Å²) in [5.74, 6) is 0. The fraction of sp³-hybridized carbons (Fsp3) is 0.133. The molecule has 0 atom stereocenters. The van der Waals surface area contributed by atoms with Crippen LogP contribution in [0.5, 0.6) is 0 Å². The maximum absolute atomic E-state index is 12.9. The van der Waals surface area contributed by atoms with Crippen LogP contribution in [0.1, 0.15) is 22.3 Å². The molecule has 4 heteroatoms. The maximum atomic E-state index is 12.9. The summed E-state index contributed by atoms with van der Waals surface area (Å²) in [6.07, 6.45) is 1.96. The third kappa shape index (κ3) is 3.44. The predicted molar refractivity (Wildman–Crippen MR) is 69.3 cm³/mol. The van der Waals surface area contributed by atoms with E-state index in [0.717, 1.165) is 11.6 Å². The van der Waals surface area contributed by atoms with Crippen molar-refractivity contribution in [3.05, 3.63) is 65.0 Å². The Bertz CT molecular complexity index is 586. The maximum Gasteiger partial charge on any atom is 0.416 e. The molecule has 1 aromatic heterocycles. The molecule has 2 rings (SSSR count). The van der Waals surface area contributed by atoms with E-state index >= 15 is 0 Å². The molecule has 2 aromatic rings. The molecule has 0 unspecified atom stereocenters. The monoisotopic (exact) mass is 263 g/mol. The van der Waals surface area contributed by atoms with Gasteiger partial charge in [0.25, 0.3) is 0 Å². The lowest BCUT2D eigenvalue weighted by atomic mass is 10.0. The molecule has 0 amide bonds. The number of nitrogens with zero attached hydrogens (tertiary/aromatic N) is 1. The largest absolute Gasteiger partial charge is 0.416 e. The second-order valence-electron chi connectivity index (χ2n) is 4.20. The van der Waals surface area contributed by atoms with E-state index in [9.17, 15) is 13.2 Å². The van der Waals surface area contributed by atoms with Gasteiger partial charge in [-0.15, -0.1) is 0 Å². The third-order valence-corrected chi connectivity index (χ3v) is 2.68. The highest BCUT2D eigenvalue weighted by Gasteiger charge is 2.32. The Morgan fingerprint density at radius 2 is 1.68 bits per heavy atom. The summed E-state index contributed by atoms with van der Waals surface area (Å²) in [4.78, 5) is 3.85. The highest BCUT2D eigenvalue weighted by molar-refractivity contribution is 5.71. The summed E-state index contributed by atoms with van der Waals surface area (Å²) in [6, 6.07) is 7.78. The van der Waals surface area contributed by atoms with Crippen LogP contribution in [0.2, 0.25) is 0 Å². The zero-order chi connectivity index (χ0) is 13.9. The Kier molecular flexibility index (Phi) is 3.69. The SMILES string of the molecule is Cc1ccc(/C=C/c2ccncc2)c(C(F)(F)F)c1. The van der Waals surface area contributed by atoms with E-state index in [1.807, 2.05) is 0 Å². The first kappa shape index (κ1) is 13.3. The van der Waals surface area contributed by atoms with Crippen molar-refractivity contribution in [2.24, 2.45) is 0 Å². The van der Waals surface area contributed by atoms with Crippen molar-refractivity contribution < 1.29 is 13.2 Å². The zero-order valence-electron chi connectivity index (χ0n) is 10.3. The number of hydrogen-bond donors (Lipinski definition) is 0. The summed E-state index contributed by atoms with van der Waals surface area (Å²) in [5.41, 5.74) is 0.949. The molecule has 19 heavy (non-hydrogen) atoms. The first-order chi connectivity index (χ1) is 8.97. The molecule has 0 saturated heterocycles. The molecule has 1 nitrogen and oxygen atoms in total. The van der Waals surface area contributed by atoms with Gasteiger partial charge in [0.1, 0.15) is 0 Å². The molecule has 0 aliphatic rings. The fourth-order valence-electron chi connectivity index (χ4n) is 1.72. The van der Waals surface area contributed by atoms with Crippen molar-refractivity contribution in [1.29, 1.82) is 0 Å². The second kappa shape index (κ2) is 5.26. The Balaban J connectivity index is 2.38. The number of aryl methyl sites for hydroxylation is 1. The Labute approximate surface area is 109 Å². The van der Waals surface area contributed by atoms with Gasteiger partial charge in [0.05, 0.1) is 5.56 Å². The lowest BCUT2D eigenvalue weighted by Crippen LogP contribution is -2.07. The quantitative estimate of drug-likeness (QED) is 0.772. The van der Waals surface area contributed by atoms with Crippen LogP contribution in [0.4, 0.5) is 13.2 Å². The smallest absolute Gasteiger partial charge is 0.265 e. The molecule has 0 saturated carbocycles. The van der Waals surface area contributed by atoms with Gasteiger partial charge in [0.2, 0.25) is 0 Å². The number of rotatable bonds is 2. The lowest BCUT2D eigenvalue weighted by molar-refractivity contribution is -0.137. The van der Waals surface area contributed by atoms with Crippen molar-refractivity contribution in [1.82, 2.24) is 4.98 Å². The van der Waals surface area contributed by atoms with Crippen molar-refractivity contribution in [3.8, 4) is 0 Å². The molecule has 0 aliphatic heterocycles. The first-order valence-corrected chi connectivity index (χ1v) is 5.73. The van der Waals surface area contributed by atoms with Gasteiger partial charge in [-0.2, -0.15) is 13.2 Å². The van der Waals surface area contributed by atoms with Gasteiger partial charge in [0.15, 0.2) is 0 Å². The Morgan fingerprint density at radius 3 is 2.32 bits per heavy atom. The van der Waals surface area contributed by atoms with Crippen molar-refractivity contribution in [2.75, 3.05) is 0 Å². The Hall–Kier alpha value is -2.10. The highest BCUT2D eigenvalue weighted by Crippen LogP contribution is 2.33. The number of hydrogen-bond acceptors (Lipinski definition) is 1. The summed E-state index contributed by atoms with van der Waals surface area (Å²) in [6.45, 7) is 1.64. The molecule has 98 valence electrons. The van der Waals surface area contributed by atoms with Crippen molar-refractivity contribution in [3.63, 3.8) is 0 Å². The molecule has 0 bridgehead atoms. The number of alkyl halides is 3. The van der Waals surface area contributed by atoms with Gasteiger partial charge in [-0.05, 0) is 36.2 Å². The number of benzene rings is 1. The predicted octanol–water partition coefficient (Wildman–Crippen LogP) is 4.58. The van der Waals surface area contributed by atoms with Crippen LogP contribution in [0.15, 0.2) is 42.7 Å². The molecule has 0 aliphatic carbocycles. The van der Waals surface area contributed by atoms with Crippen molar-refractivity contribution >= 4 is 12.2 Å². The van der Waals surface area contributed by atoms with E-state index in [4.69, 9.17) is 0 Å². The van der Waals surface area contributed by atoms with Crippen LogP contribution in [0.3, 0.4) is 0 Å². The van der Waals surface area contributed by atoms with Crippen LogP contribution in [-0.2, 0) is 6.18 Å². The average molecular weight is 263 g/mol. The lowest BCUT2D eigenvalue weighted by Gasteiger charge is -2.11. The fourth-order valence-corrected chi connectivity index (χ4v) is 1.72. The average Bonchev–Trinajstić information content (AvgIpc) is 2.37. The van der Waals surface area contributed by atoms with Gasteiger partial charge in [-0.1, -0.05) is 29.8 Å². The van der Waals surface area contributed by atoms with Gasteiger partial charge in [-0.25, -0.2) is 0 Å². The number of aromatic nitrogens is 1. The first-order valence-electron chi connectivity index (χ1n) is 5.73. The summed E-state index contributed by atoms with van der Waals surface area (Å²) in [7, 11) is 0. The summed E-state index contributed by atoms with van der Waals surface area (Å²) in [5, 5.41) is 0. The molecular weight excluding hydrogens is 251 g/mol. The van der Waals surface area contributed by atoms with Gasteiger partial charge >= 0.3 is 6.18 Å². The van der Waals surface area contributed by atoms with E-state index in [1.54, 1.807) is 43.6 Å². The normalized spacial score (nSPS) is 12.0. The number of pyridine rings is 1. The molecule has 0 spiro atoms. The van der Waals surface area contributed by atoms with Crippen LogP contribution < -0.4 is 0 Å². The summed E-state index contributed by atoms with van der Waals surface area (Å²) < 4.78 is 38.7. The van der Waals surface area contributed by atoms with Crippen LogP contribution in [-0.4, -0.2) is 4.98 Å². The minimum atomic E-state index is -4.34. The van der Waals surface area contributed by atoms with Crippen LogP contribution >= 0.6 is 0 Å². The molecular formula is C15H12F3N. The second-order valence-corrected chi connectivity index (χ2v) is 4.20. The summed E-state index contributed by atoms with van der Waals surface area (Å²) >= 11 is 0. The third-order valence-electron chi connectivity index (χ3n) is 2.68. The molecule has 0 radical (unpaired) electrons. The van der Waals surface area contributed by atoms with Gasteiger partial charge in [0, 0.05) is 12.4 Å². The molecule has 0 N–H and O–H groups in total. The Morgan fingerprint density at radius 1 is 1.00 bits per heavy atom. The van der Waals surface area contributed by atoms with Crippen molar-refractivity contribution in [2.45, 2.75) is 13.1 Å². The molecule has 1 aromatic carbocycles.